The number of amides is 5. The summed E-state index contributed by atoms with van der Waals surface area (Å²) in [6, 6.07) is 11.7. The summed E-state index contributed by atoms with van der Waals surface area (Å²) >= 11 is 18.4. The number of barbiturate groups is 1. The third kappa shape index (κ3) is 6.07. The van der Waals surface area contributed by atoms with Gasteiger partial charge in [0.2, 0.25) is 0 Å². The number of carbonyl (C=O) groups excluding carboxylic acids is 4. The van der Waals surface area contributed by atoms with Crippen LogP contribution in [-0.2, 0) is 14.4 Å². The molecule has 1 aliphatic rings. The first-order valence-electron chi connectivity index (χ1n) is 11.7. The van der Waals surface area contributed by atoms with Gasteiger partial charge in [0, 0.05) is 5.69 Å². The highest BCUT2D eigenvalue weighted by Gasteiger charge is 2.37. The summed E-state index contributed by atoms with van der Waals surface area (Å²) in [5.41, 5.74) is 2.71. The van der Waals surface area contributed by atoms with E-state index < -0.39 is 23.8 Å². The standard InChI is InChI=1S/C28H22Cl3N3O6/c1-14-5-4-6-22(15(14)2)32-24(35)13-40-25-21(31)10-16(11-23(25)39-3)9-18-26(36)33-28(38)34(27(18)37)17-7-8-19(29)20(30)12-17/h4-12H,13H2,1-3H3,(H,32,35)(H,33,36,38)/b18-9-. The van der Waals surface area contributed by atoms with Crippen molar-refractivity contribution in [2.24, 2.45) is 0 Å². The van der Waals surface area contributed by atoms with Crippen molar-refractivity contribution < 1.29 is 28.7 Å². The smallest absolute Gasteiger partial charge is 0.335 e. The number of nitrogens with zero attached hydrogens (tertiary/aromatic N) is 1. The summed E-state index contributed by atoms with van der Waals surface area (Å²) in [4.78, 5) is 51.5. The van der Waals surface area contributed by atoms with E-state index in [9.17, 15) is 19.2 Å². The van der Waals surface area contributed by atoms with Crippen LogP contribution < -0.4 is 25.0 Å². The largest absolute Gasteiger partial charge is 0.493 e. The van der Waals surface area contributed by atoms with Crippen LogP contribution in [-0.4, -0.2) is 37.5 Å². The number of ether oxygens (including phenoxy) is 2. The summed E-state index contributed by atoms with van der Waals surface area (Å²) in [7, 11) is 1.37. The second kappa shape index (κ2) is 12.0. The third-order valence-corrected chi connectivity index (χ3v) is 7.07. The summed E-state index contributed by atoms with van der Waals surface area (Å²) in [5, 5.41) is 5.34. The highest BCUT2D eigenvalue weighted by Crippen LogP contribution is 2.37. The second-order valence-electron chi connectivity index (χ2n) is 8.67. The number of benzene rings is 3. The van der Waals surface area contributed by atoms with Gasteiger partial charge in [-0.3, -0.25) is 19.7 Å². The van der Waals surface area contributed by atoms with Crippen LogP contribution in [0.2, 0.25) is 15.1 Å². The van der Waals surface area contributed by atoms with Crippen LogP contribution >= 0.6 is 34.8 Å². The van der Waals surface area contributed by atoms with Crippen LogP contribution in [0.25, 0.3) is 6.08 Å². The molecule has 0 aliphatic carbocycles. The Hall–Kier alpha value is -4.05. The van der Waals surface area contributed by atoms with Gasteiger partial charge in [0.05, 0.1) is 27.9 Å². The lowest BCUT2D eigenvalue weighted by atomic mass is 10.1. The van der Waals surface area contributed by atoms with Gasteiger partial charge >= 0.3 is 6.03 Å². The molecule has 40 heavy (non-hydrogen) atoms. The molecule has 0 spiro atoms. The average molecular weight is 603 g/mol. The minimum absolute atomic E-state index is 0.0619. The number of hydrogen-bond acceptors (Lipinski definition) is 6. The molecule has 0 saturated carbocycles. The molecule has 0 unspecified atom stereocenters. The van der Waals surface area contributed by atoms with E-state index in [0.29, 0.717) is 11.3 Å². The lowest BCUT2D eigenvalue weighted by molar-refractivity contribution is -0.122. The van der Waals surface area contributed by atoms with E-state index in [1.807, 2.05) is 26.0 Å². The molecular formula is C28H22Cl3N3O6. The number of imide groups is 2. The van der Waals surface area contributed by atoms with E-state index in [0.717, 1.165) is 16.0 Å². The zero-order chi connectivity index (χ0) is 29.1. The first-order valence-corrected chi connectivity index (χ1v) is 12.9. The van der Waals surface area contributed by atoms with Crippen LogP contribution in [0.1, 0.15) is 16.7 Å². The number of hydrogen-bond donors (Lipinski definition) is 2. The van der Waals surface area contributed by atoms with Crippen LogP contribution in [0, 0.1) is 13.8 Å². The highest BCUT2D eigenvalue weighted by molar-refractivity contribution is 6.43. The van der Waals surface area contributed by atoms with Gasteiger partial charge in [-0.05, 0) is 73.0 Å². The molecule has 3 aromatic rings. The Morgan fingerprint density at radius 2 is 1.75 bits per heavy atom. The number of nitrogens with one attached hydrogen (secondary N) is 2. The molecule has 3 aromatic carbocycles. The van der Waals surface area contributed by atoms with Gasteiger partial charge in [-0.2, -0.15) is 0 Å². The van der Waals surface area contributed by atoms with Crippen LogP contribution in [0.5, 0.6) is 11.5 Å². The fourth-order valence-corrected chi connectivity index (χ4v) is 4.42. The van der Waals surface area contributed by atoms with Crippen molar-refractivity contribution in [3.63, 3.8) is 0 Å². The van der Waals surface area contributed by atoms with Crippen molar-refractivity contribution in [1.29, 1.82) is 0 Å². The first kappa shape index (κ1) is 28.9. The van der Waals surface area contributed by atoms with Crippen molar-refractivity contribution in [1.82, 2.24) is 5.32 Å². The molecule has 0 atom stereocenters. The Morgan fingerprint density at radius 3 is 2.45 bits per heavy atom. The monoisotopic (exact) mass is 601 g/mol. The van der Waals surface area contributed by atoms with Crippen molar-refractivity contribution >= 4 is 76.0 Å². The van der Waals surface area contributed by atoms with Crippen molar-refractivity contribution in [3.05, 3.63) is 85.9 Å². The topological polar surface area (TPSA) is 114 Å². The van der Waals surface area contributed by atoms with E-state index in [1.54, 1.807) is 6.07 Å². The van der Waals surface area contributed by atoms with Gasteiger partial charge in [-0.1, -0.05) is 46.9 Å². The fraction of sp³-hybridized carbons (Fsp3) is 0.143. The second-order valence-corrected chi connectivity index (χ2v) is 9.90. The number of anilines is 2. The molecule has 206 valence electrons. The maximum atomic E-state index is 13.2. The minimum Gasteiger partial charge on any atom is -0.493 e. The Balaban J connectivity index is 1.57. The quantitative estimate of drug-likeness (QED) is 0.255. The van der Waals surface area contributed by atoms with Gasteiger partial charge in [0.25, 0.3) is 17.7 Å². The molecule has 1 fully saturated rings. The van der Waals surface area contributed by atoms with Crippen LogP contribution in [0.4, 0.5) is 16.2 Å². The predicted octanol–water partition coefficient (Wildman–Crippen LogP) is 5.96. The number of methoxy groups -OCH3 is 1. The third-order valence-electron chi connectivity index (χ3n) is 6.05. The lowest BCUT2D eigenvalue weighted by Gasteiger charge is -2.26. The zero-order valence-corrected chi connectivity index (χ0v) is 23.7. The highest BCUT2D eigenvalue weighted by atomic mass is 35.5. The van der Waals surface area contributed by atoms with Gasteiger partial charge in [0.1, 0.15) is 5.57 Å². The number of carbonyl (C=O) groups is 4. The summed E-state index contributed by atoms with van der Waals surface area (Å²) in [6.45, 7) is 3.48. The van der Waals surface area contributed by atoms with E-state index in [-0.39, 0.29) is 44.4 Å². The fourth-order valence-electron chi connectivity index (χ4n) is 3.86. The number of aryl methyl sites for hydroxylation is 1. The summed E-state index contributed by atoms with van der Waals surface area (Å²) in [6.07, 6.45) is 1.25. The van der Waals surface area contributed by atoms with Crippen molar-refractivity contribution in [3.8, 4) is 11.5 Å². The van der Waals surface area contributed by atoms with Gasteiger partial charge in [-0.25, -0.2) is 9.69 Å². The van der Waals surface area contributed by atoms with Gasteiger partial charge in [-0.15, -0.1) is 0 Å². The lowest BCUT2D eigenvalue weighted by Crippen LogP contribution is -2.54. The van der Waals surface area contributed by atoms with E-state index in [1.165, 1.54) is 43.5 Å². The number of halogens is 3. The van der Waals surface area contributed by atoms with E-state index in [2.05, 4.69) is 10.6 Å². The maximum absolute atomic E-state index is 13.2. The van der Waals surface area contributed by atoms with Crippen molar-refractivity contribution in [2.45, 2.75) is 13.8 Å². The van der Waals surface area contributed by atoms with Crippen molar-refractivity contribution in [2.75, 3.05) is 23.9 Å². The molecule has 12 heteroatoms. The molecule has 0 radical (unpaired) electrons. The SMILES string of the molecule is COc1cc(/C=C2/C(=O)NC(=O)N(c3ccc(Cl)c(Cl)c3)C2=O)cc(Cl)c1OCC(=O)Nc1cccc(C)c1C. The molecule has 5 amide bonds. The Kier molecular flexibility index (Phi) is 8.68. The predicted molar refractivity (Wildman–Crippen MR) is 154 cm³/mol. The van der Waals surface area contributed by atoms with Gasteiger partial charge < -0.3 is 14.8 Å². The Labute approximate surface area is 244 Å². The molecule has 1 saturated heterocycles. The average Bonchev–Trinajstić information content (AvgIpc) is 2.90. The molecule has 1 heterocycles. The first-order chi connectivity index (χ1) is 19.0. The number of rotatable bonds is 7. The van der Waals surface area contributed by atoms with Crippen LogP contribution in [0.15, 0.2) is 54.1 Å². The summed E-state index contributed by atoms with van der Waals surface area (Å²) in [5.74, 6) is -1.94. The molecule has 1 aliphatic heterocycles. The van der Waals surface area contributed by atoms with Crippen LogP contribution in [0.3, 0.4) is 0 Å². The van der Waals surface area contributed by atoms with Gasteiger partial charge in [0.15, 0.2) is 18.1 Å². The molecule has 0 aromatic heterocycles. The number of urea groups is 1. The van der Waals surface area contributed by atoms with E-state index in [4.69, 9.17) is 44.3 Å². The molecule has 0 bridgehead atoms. The summed E-state index contributed by atoms with van der Waals surface area (Å²) < 4.78 is 11.0. The maximum Gasteiger partial charge on any atom is 0.335 e. The molecular weight excluding hydrogens is 581 g/mol. The molecule has 9 nitrogen and oxygen atoms in total. The molecule has 4 rings (SSSR count). The molecule has 2 N–H and O–H groups in total. The Bertz CT molecular complexity index is 1590. The van der Waals surface area contributed by atoms with E-state index >= 15 is 0 Å². The normalized spacial score (nSPS) is 14.3. The zero-order valence-electron chi connectivity index (χ0n) is 21.4. The Morgan fingerprint density at radius 1 is 1.00 bits per heavy atom. The minimum atomic E-state index is -0.941.